The second kappa shape index (κ2) is 10.1. The zero-order valence-electron chi connectivity index (χ0n) is 22.9. The summed E-state index contributed by atoms with van der Waals surface area (Å²) in [6, 6.07) is 46.2. The van der Waals surface area contributed by atoms with E-state index < -0.39 is 0 Å². The van der Waals surface area contributed by atoms with Crippen LogP contribution in [0.15, 0.2) is 138 Å². The van der Waals surface area contributed by atoms with Crippen LogP contribution >= 0.6 is 0 Å². The summed E-state index contributed by atoms with van der Waals surface area (Å²) in [4.78, 5) is 15.5. The number of aromatic nitrogens is 3. The number of fused-ring (bicyclic) bond motifs is 4. The standard InChI is InChI=1S/C38H22N4O/c39-23-24-17-19-26(20-18-24)37-38(42-31-14-6-5-13-30(31)41-37)33-22-27(25-9-2-1-3-10-25)21-32(40-33)28-12-8-16-35-36(28)29-11-4-7-15-34(29)43-35/h1-22H. The van der Waals surface area contributed by atoms with Gasteiger partial charge >= 0.3 is 0 Å². The van der Waals surface area contributed by atoms with Gasteiger partial charge in [-0.15, -0.1) is 0 Å². The smallest absolute Gasteiger partial charge is 0.136 e. The minimum atomic E-state index is 0.589. The highest BCUT2D eigenvalue weighted by molar-refractivity contribution is 6.12. The third-order valence-corrected chi connectivity index (χ3v) is 7.71. The van der Waals surface area contributed by atoms with Crippen LogP contribution in [0.3, 0.4) is 0 Å². The molecule has 5 heteroatoms. The fraction of sp³-hybridized carbons (Fsp3) is 0. The highest BCUT2D eigenvalue weighted by atomic mass is 16.3. The molecule has 0 fully saturated rings. The van der Waals surface area contributed by atoms with Crippen molar-refractivity contribution in [2.45, 2.75) is 0 Å². The van der Waals surface area contributed by atoms with Gasteiger partial charge in [0, 0.05) is 21.9 Å². The molecule has 43 heavy (non-hydrogen) atoms. The number of benzene rings is 5. The Morgan fingerprint density at radius 1 is 0.512 bits per heavy atom. The van der Waals surface area contributed by atoms with Gasteiger partial charge in [0.15, 0.2) is 0 Å². The molecule has 0 saturated heterocycles. The lowest BCUT2D eigenvalue weighted by Crippen LogP contribution is -1.99. The molecule has 0 amide bonds. The normalized spacial score (nSPS) is 11.2. The number of hydrogen-bond donors (Lipinski definition) is 0. The van der Waals surface area contributed by atoms with E-state index in [1.54, 1.807) is 12.1 Å². The maximum absolute atomic E-state index is 9.38. The Hall–Kier alpha value is -6.12. The fourth-order valence-electron chi connectivity index (χ4n) is 5.66. The van der Waals surface area contributed by atoms with Gasteiger partial charge in [-0.05, 0) is 59.7 Å². The van der Waals surface area contributed by atoms with Crippen LogP contribution in [0.2, 0.25) is 0 Å². The summed E-state index contributed by atoms with van der Waals surface area (Å²) in [6.07, 6.45) is 0. The van der Waals surface area contributed by atoms with E-state index in [-0.39, 0.29) is 0 Å². The molecule has 3 aromatic heterocycles. The van der Waals surface area contributed by atoms with Crippen LogP contribution < -0.4 is 0 Å². The molecule has 200 valence electrons. The van der Waals surface area contributed by atoms with Gasteiger partial charge < -0.3 is 4.42 Å². The lowest BCUT2D eigenvalue weighted by Gasteiger charge is -2.14. The number of rotatable bonds is 4. The largest absolute Gasteiger partial charge is 0.456 e. The van der Waals surface area contributed by atoms with E-state index in [9.17, 15) is 5.26 Å². The summed E-state index contributed by atoms with van der Waals surface area (Å²) < 4.78 is 6.22. The van der Waals surface area contributed by atoms with E-state index in [0.717, 1.165) is 60.9 Å². The molecule has 0 spiro atoms. The zero-order valence-corrected chi connectivity index (χ0v) is 22.9. The first-order valence-electron chi connectivity index (χ1n) is 14.0. The third-order valence-electron chi connectivity index (χ3n) is 7.71. The van der Waals surface area contributed by atoms with Crippen molar-refractivity contribution in [2.75, 3.05) is 0 Å². The van der Waals surface area contributed by atoms with Crippen molar-refractivity contribution in [3.05, 3.63) is 139 Å². The molecule has 0 radical (unpaired) electrons. The molecular formula is C38H22N4O. The van der Waals surface area contributed by atoms with Crippen LogP contribution in [0.4, 0.5) is 0 Å². The molecule has 0 aliphatic heterocycles. The molecule has 8 aromatic rings. The summed E-state index contributed by atoms with van der Waals surface area (Å²) in [5.74, 6) is 0. The highest BCUT2D eigenvalue weighted by Crippen LogP contribution is 2.39. The summed E-state index contributed by atoms with van der Waals surface area (Å²) >= 11 is 0. The quantitative estimate of drug-likeness (QED) is 0.218. The van der Waals surface area contributed by atoms with Crippen molar-refractivity contribution in [2.24, 2.45) is 0 Å². The minimum Gasteiger partial charge on any atom is -0.456 e. The van der Waals surface area contributed by atoms with Crippen LogP contribution in [-0.4, -0.2) is 15.0 Å². The molecule has 0 aliphatic carbocycles. The number of para-hydroxylation sites is 3. The lowest BCUT2D eigenvalue weighted by molar-refractivity contribution is 0.669. The molecule has 5 aromatic carbocycles. The van der Waals surface area contributed by atoms with Crippen molar-refractivity contribution in [1.29, 1.82) is 5.26 Å². The first-order chi connectivity index (χ1) is 21.2. The number of furan rings is 1. The van der Waals surface area contributed by atoms with Crippen molar-refractivity contribution >= 4 is 33.0 Å². The Bertz CT molecular complexity index is 2350. The van der Waals surface area contributed by atoms with Crippen LogP contribution in [0.25, 0.3) is 78.0 Å². The molecule has 0 saturated carbocycles. The summed E-state index contributed by atoms with van der Waals surface area (Å²) in [5, 5.41) is 11.5. The Morgan fingerprint density at radius 2 is 1.19 bits per heavy atom. The first-order valence-corrected chi connectivity index (χ1v) is 14.0. The molecule has 8 rings (SSSR count). The molecule has 0 N–H and O–H groups in total. The maximum atomic E-state index is 9.38. The van der Waals surface area contributed by atoms with E-state index in [1.165, 1.54) is 0 Å². The average molecular weight is 551 g/mol. The Kier molecular flexibility index (Phi) is 5.77. The van der Waals surface area contributed by atoms with Crippen LogP contribution in [0.5, 0.6) is 0 Å². The predicted molar refractivity (Wildman–Crippen MR) is 171 cm³/mol. The summed E-state index contributed by atoms with van der Waals surface area (Å²) in [5.41, 5.74) is 10.7. The van der Waals surface area contributed by atoms with E-state index in [1.807, 2.05) is 84.9 Å². The van der Waals surface area contributed by atoms with Gasteiger partial charge in [-0.1, -0.05) is 84.9 Å². The Morgan fingerprint density at radius 3 is 1.98 bits per heavy atom. The summed E-state index contributed by atoms with van der Waals surface area (Å²) in [7, 11) is 0. The van der Waals surface area contributed by atoms with E-state index in [0.29, 0.717) is 22.6 Å². The van der Waals surface area contributed by atoms with Gasteiger partial charge in [0.2, 0.25) is 0 Å². The lowest BCUT2D eigenvalue weighted by atomic mass is 9.97. The van der Waals surface area contributed by atoms with E-state index >= 15 is 0 Å². The molecule has 0 aliphatic rings. The highest BCUT2D eigenvalue weighted by Gasteiger charge is 2.19. The van der Waals surface area contributed by atoms with E-state index in [2.05, 4.69) is 42.5 Å². The van der Waals surface area contributed by atoms with Crippen molar-refractivity contribution in [3.63, 3.8) is 0 Å². The number of nitrogens with zero attached hydrogens (tertiary/aromatic N) is 4. The van der Waals surface area contributed by atoms with Gasteiger partial charge in [-0.25, -0.2) is 15.0 Å². The SMILES string of the molecule is N#Cc1ccc(-c2nc3ccccc3nc2-c2cc(-c3ccccc3)cc(-c3cccc4oc5ccccc5c34)n2)cc1. The molecule has 0 bridgehead atoms. The van der Waals surface area contributed by atoms with Gasteiger partial charge in [-0.2, -0.15) is 5.26 Å². The van der Waals surface area contributed by atoms with Crippen LogP contribution in [-0.2, 0) is 0 Å². The van der Waals surface area contributed by atoms with Crippen LogP contribution in [0.1, 0.15) is 5.56 Å². The fourth-order valence-corrected chi connectivity index (χ4v) is 5.66. The zero-order chi connectivity index (χ0) is 28.8. The monoisotopic (exact) mass is 550 g/mol. The average Bonchev–Trinajstić information content (AvgIpc) is 3.47. The molecule has 3 heterocycles. The number of hydrogen-bond acceptors (Lipinski definition) is 5. The number of pyridine rings is 1. The summed E-state index contributed by atoms with van der Waals surface area (Å²) in [6.45, 7) is 0. The second-order valence-corrected chi connectivity index (χ2v) is 10.4. The van der Waals surface area contributed by atoms with Crippen molar-refractivity contribution < 1.29 is 4.42 Å². The van der Waals surface area contributed by atoms with Crippen molar-refractivity contribution in [3.8, 4) is 51.1 Å². The van der Waals surface area contributed by atoms with Gasteiger partial charge in [-0.3, -0.25) is 0 Å². The van der Waals surface area contributed by atoms with Crippen molar-refractivity contribution in [1.82, 2.24) is 15.0 Å². The third kappa shape index (κ3) is 4.30. The van der Waals surface area contributed by atoms with Gasteiger partial charge in [0.05, 0.1) is 39.7 Å². The molecule has 0 atom stereocenters. The van der Waals surface area contributed by atoms with E-state index in [4.69, 9.17) is 19.4 Å². The molecular weight excluding hydrogens is 528 g/mol. The topological polar surface area (TPSA) is 75.6 Å². The first kappa shape index (κ1) is 24.7. The minimum absolute atomic E-state index is 0.589. The van der Waals surface area contributed by atoms with Gasteiger partial charge in [0.1, 0.15) is 16.9 Å². The van der Waals surface area contributed by atoms with Crippen LogP contribution in [0, 0.1) is 11.3 Å². The number of nitriles is 1. The molecule has 5 nitrogen and oxygen atoms in total. The maximum Gasteiger partial charge on any atom is 0.136 e. The Balaban J connectivity index is 1.43. The second-order valence-electron chi connectivity index (χ2n) is 10.4. The molecule has 0 unspecified atom stereocenters. The van der Waals surface area contributed by atoms with Gasteiger partial charge in [0.25, 0.3) is 0 Å². The predicted octanol–water partition coefficient (Wildman–Crippen LogP) is 9.46. The Labute approximate surface area is 247 Å².